The molecule has 44 heavy (non-hydrogen) atoms. The standard InChI is InChI=1S/C32H26N4O8/c37-25-15-10-17-18(11-16(15)26(38)33-25)30(42)35(29(17)41)23-8-4-5-9-24(23)36-31(43)21-12-19-20(13-22(21)32(36)44)28(40)34(27(19)39)14-6-2-1-3-7-14/h10-14,23-24H,1-9H2,(H,33,37,38)/t23-,24-/m1/s1. The minimum Gasteiger partial charge on any atom is -0.288 e. The molecule has 0 bridgehead atoms. The van der Waals surface area contributed by atoms with Crippen molar-refractivity contribution in [1.29, 1.82) is 0 Å². The summed E-state index contributed by atoms with van der Waals surface area (Å²) in [5, 5.41) is 0.250. The molecule has 0 unspecified atom stereocenters. The molecule has 4 heterocycles. The van der Waals surface area contributed by atoms with Crippen LogP contribution in [0.15, 0.2) is 62.6 Å². The summed E-state index contributed by atoms with van der Waals surface area (Å²) in [5.74, 6) is 0. The van der Waals surface area contributed by atoms with E-state index >= 15 is 0 Å². The Morgan fingerprint density at radius 3 is 1.11 bits per heavy atom. The first-order valence-corrected chi connectivity index (χ1v) is 15.0. The zero-order valence-electron chi connectivity index (χ0n) is 23.5. The lowest BCUT2D eigenvalue weighted by atomic mass is 9.90. The Morgan fingerprint density at radius 2 is 0.727 bits per heavy atom. The molecule has 2 saturated carbocycles. The van der Waals surface area contributed by atoms with Crippen molar-refractivity contribution in [2.45, 2.75) is 75.9 Å². The fraction of sp³-hybridized carbons (Fsp3) is 0.375. The SMILES string of the molecule is O=c1[nH]c(=O)c2cc3c(=O)n([C@@H]4CCCC[C@H]4n4c(=O)c5cc6c(=O)n(C7CCCCC7)c(=O)c6cc5c4=O)c(=O)c3cc12. The average Bonchev–Trinajstić information content (AvgIpc) is 3.64. The van der Waals surface area contributed by atoms with Gasteiger partial charge in [-0.2, -0.15) is 0 Å². The van der Waals surface area contributed by atoms with Crippen LogP contribution in [-0.2, 0) is 0 Å². The van der Waals surface area contributed by atoms with Gasteiger partial charge < -0.3 is 0 Å². The van der Waals surface area contributed by atoms with Crippen molar-refractivity contribution in [2.75, 3.05) is 0 Å². The molecule has 0 radical (unpaired) electrons. The van der Waals surface area contributed by atoms with E-state index in [4.69, 9.17) is 0 Å². The molecule has 2 aromatic carbocycles. The summed E-state index contributed by atoms with van der Waals surface area (Å²) in [6.45, 7) is 0. The Hall–Kier alpha value is -5.00. The maximum Gasteiger partial charge on any atom is 0.261 e. The highest BCUT2D eigenvalue weighted by Crippen LogP contribution is 2.36. The van der Waals surface area contributed by atoms with Crippen LogP contribution >= 0.6 is 0 Å². The molecule has 12 nitrogen and oxygen atoms in total. The number of nitrogens with one attached hydrogen (secondary N) is 1. The second kappa shape index (κ2) is 9.25. The van der Waals surface area contributed by atoms with Gasteiger partial charge in [-0.3, -0.25) is 57.0 Å². The first kappa shape index (κ1) is 26.6. The third-order valence-corrected chi connectivity index (χ3v) is 10.0. The Bertz CT molecular complexity index is 2480. The largest absolute Gasteiger partial charge is 0.288 e. The van der Waals surface area contributed by atoms with E-state index in [2.05, 4.69) is 4.98 Å². The normalized spacial score (nSPS) is 20.1. The van der Waals surface area contributed by atoms with Crippen LogP contribution in [0.2, 0.25) is 0 Å². The summed E-state index contributed by atoms with van der Waals surface area (Å²) in [5.41, 5.74) is -4.83. The number of hydrogen-bond donors (Lipinski definition) is 1. The molecule has 12 heteroatoms. The third kappa shape index (κ3) is 3.44. The fourth-order valence-corrected chi connectivity index (χ4v) is 7.90. The molecule has 8 rings (SSSR count). The molecule has 2 fully saturated rings. The highest BCUT2D eigenvalue weighted by molar-refractivity contribution is 5.98. The lowest BCUT2D eigenvalue weighted by Crippen LogP contribution is -2.42. The van der Waals surface area contributed by atoms with Crippen LogP contribution in [0.4, 0.5) is 0 Å². The van der Waals surface area contributed by atoms with E-state index in [-0.39, 0.29) is 49.1 Å². The smallest absolute Gasteiger partial charge is 0.261 e. The van der Waals surface area contributed by atoms with Gasteiger partial charge in [0, 0.05) is 6.04 Å². The second-order valence-corrected chi connectivity index (χ2v) is 12.3. The molecule has 2 atom stereocenters. The lowest BCUT2D eigenvalue weighted by Gasteiger charge is -2.31. The van der Waals surface area contributed by atoms with E-state index < -0.39 is 56.6 Å². The molecule has 0 spiro atoms. The van der Waals surface area contributed by atoms with Crippen molar-refractivity contribution < 1.29 is 0 Å². The zero-order valence-corrected chi connectivity index (χ0v) is 23.5. The van der Waals surface area contributed by atoms with Gasteiger partial charge in [0.15, 0.2) is 0 Å². The molecule has 2 aliphatic carbocycles. The van der Waals surface area contributed by atoms with Crippen molar-refractivity contribution in [1.82, 2.24) is 18.7 Å². The number of benzene rings is 2. The van der Waals surface area contributed by atoms with Gasteiger partial charge in [-0.15, -0.1) is 0 Å². The van der Waals surface area contributed by atoms with Crippen molar-refractivity contribution >= 4 is 43.1 Å². The minimum atomic E-state index is -0.838. The van der Waals surface area contributed by atoms with Crippen molar-refractivity contribution in [3.63, 3.8) is 0 Å². The molecular weight excluding hydrogens is 568 g/mol. The molecule has 4 aromatic heterocycles. The summed E-state index contributed by atoms with van der Waals surface area (Å²) in [6.07, 6.45) is 6.31. The van der Waals surface area contributed by atoms with Crippen LogP contribution in [0.3, 0.4) is 0 Å². The molecule has 0 aliphatic heterocycles. The van der Waals surface area contributed by atoms with Crippen LogP contribution in [0, 0.1) is 0 Å². The molecule has 222 valence electrons. The molecule has 1 N–H and O–H groups in total. The molecule has 2 aliphatic rings. The van der Waals surface area contributed by atoms with Gasteiger partial charge in [0.1, 0.15) is 0 Å². The van der Waals surface area contributed by atoms with Gasteiger partial charge in [0.25, 0.3) is 44.5 Å². The van der Waals surface area contributed by atoms with Gasteiger partial charge in [-0.25, -0.2) is 0 Å². The molecule has 0 amide bonds. The number of H-pyrrole nitrogens is 1. The van der Waals surface area contributed by atoms with E-state index in [0.717, 1.165) is 41.2 Å². The number of aromatic nitrogens is 4. The maximum atomic E-state index is 13.9. The first-order chi connectivity index (χ1) is 21.2. The Balaban J connectivity index is 1.31. The minimum absolute atomic E-state index is 0.0106. The van der Waals surface area contributed by atoms with Crippen molar-refractivity contribution in [3.8, 4) is 0 Å². The monoisotopic (exact) mass is 594 g/mol. The van der Waals surface area contributed by atoms with Gasteiger partial charge >= 0.3 is 0 Å². The number of aromatic amines is 1. The van der Waals surface area contributed by atoms with E-state index in [1.807, 2.05) is 0 Å². The Morgan fingerprint density at radius 1 is 0.409 bits per heavy atom. The van der Waals surface area contributed by atoms with Crippen LogP contribution in [0.25, 0.3) is 43.1 Å². The summed E-state index contributed by atoms with van der Waals surface area (Å²) < 4.78 is 3.39. The predicted molar refractivity (Wildman–Crippen MR) is 165 cm³/mol. The highest BCUT2D eigenvalue weighted by Gasteiger charge is 2.35. The van der Waals surface area contributed by atoms with E-state index in [9.17, 15) is 38.4 Å². The van der Waals surface area contributed by atoms with Gasteiger partial charge in [0.05, 0.1) is 55.2 Å². The number of nitrogens with zero attached hydrogens (tertiary/aromatic N) is 3. The quantitative estimate of drug-likeness (QED) is 0.322. The molecular formula is C32H26N4O8. The number of rotatable bonds is 3. The van der Waals surface area contributed by atoms with Gasteiger partial charge in [-0.1, -0.05) is 32.1 Å². The van der Waals surface area contributed by atoms with Gasteiger partial charge in [0.2, 0.25) is 0 Å². The summed E-state index contributed by atoms with van der Waals surface area (Å²) in [4.78, 5) is 108. The topological polar surface area (TPSA) is 167 Å². The zero-order chi connectivity index (χ0) is 30.6. The van der Waals surface area contributed by atoms with E-state index in [1.54, 1.807) is 0 Å². The van der Waals surface area contributed by atoms with Crippen molar-refractivity contribution in [3.05, 3.63) is 107 Å². The van der Waals surface area contributed by atoms with Crippen LogP contribution < -0.4 is 44.5 Å². The highest BCUT2D eigenvalue weighted by atomic mass is 16.2. The van der Waals surface area contributed by atoms with Crippen LogP contribution in [-0.4, -0.2) is 18.7 Å². The second-order valence-electron chi connectivity index (χ2n) is 12.3. The van der Waals surface area contributed by atoms with Crippen LogP contribution in [0.1, 0.15) is 75.9 Å². The number of hydrogen-bond acceptors (Lipinski definition) is 8. The first-order valence-electron chi connectivity index (χ1n) is 15.0. The average molecular weight is 595 g/mol. The lowest BCUT2D eigenvalue weighted by molar-refractivity contribution is 0.229. The third-order valence-electron chi connectivity index (χ3n) is 10.0. The summed E-state index contributed by atoms with van der Waals surface area (Å²) >= 11 is 0. The number of fused-ring (bicyclic) bond motifs is 4. The van der Waals surface area contributed by atoms with Crippen molar-refractivity contribution in [2.24, 2.45) is 0 Å². The van der Waals surface area contributed by atoms with E-state index in [0.29, 0.717) is 25.7 Å². The van der Waals surface area contributed by atoms with E-state index in [1.165, 1.54) is 28.8 Å². The Kier molecular flexibility index (Phi) is 5.59. The molecule has 6 aromatic rings. The molecule has 0 saturated heterocycles. The predicted octanol–water partition coefficient (Wildman–Crippen LogP) is 1.53. The summed E-state index contributed by atoms with van der Waals surface area (Å²) in [6, 6.07) is 3.30. The fourth-order valence-electron chi connectivity index (χ4n) is 7.90. The van der Waals surface area contributed by atoms with Crippen LogP contribution in [0.5, 0.6) is 0 Å². The summed E-state index contributed by atoms with van der Waals surface area (Å²) in [7, 11) is 0. The Labute approximate surface area is 244 Å². The van der Waals surface area contributed by atoms with Gasteiger partial charge in [-0.05, 0) is 49.9 Å². The maximum absolute atomic E-state index is 13.9.